The van der Waals surface area contributed by atoms with Crippen LogP contribution >= 0.6 is 0 Å². The topological polar surface area (TPSA) is 97.5 Å². The van der Waals surface area contributed by atoms with E-state index < -0.39 is 0 Å². The second kappa shape index (κ2) is 8.95. The number of hydrogen-bond donors (Lipinski definition) is 2. The molecule has 35 heavy (non-hydrogen) atoms. The lowest BCUT2D eigenvalue weighted by atomic mass is 9.94. The third-order valence-electron chi connectivity index (χ3n) is 5.92. The maximum absolute atomic E-state index is 13.0. The van der Waals surface area contributed by atoms with E-state index in [0.29, 0.717) is 39.2 Å². The minimum absolute atomic E-state index is 0.0165. The van der Waals surface area contributed by atoms with Crippen LogP contribution < -0.4 is 4.74 Å². The molecule has 0 amide bonds. The predicted molar refractivity (Wildman–Crippen MR) is 133 cm³/mol. The number of carbonyl (C=O) groups excluding carboxylic acids is 1. The molecule has 0 aliphatic rings. The van der Waals surface area contributed by atoms with E-state index in [0.717, 1.165) is 5.56 Å². The first-order chi connectivity index (χ1) is 17.0. The number of nitrogens with zero attached hydrogens (tertiary/aromatic N) is 3. The van der Waals surface area contributed by atoms with Gasteiger partial charge >= 0.3 is 0 Å². The molecule has 0 spiro atoms. The summed E-state index contributed by atoms with van der Waals surface area (Å²) in [5.41, 5.74) is 4.30. The number of ether oxygens (including phenoxy) is 1. The van der Waals surface area contributed by atoms with Crippen molar-refractivity contribution >= 4 is 16.8 Å². The van der Waals surface area contributed by atoms with Crippen molar-refractivity contribution < 1.29 is 19.7 Å². The van der Waals surface area contributed by atoms with Gasteiger partial charge in [-0.15, -0.1) is 15.0 Å². The molecular weight excluding hydrogens is 442 g/mol. The van der Waals surface area contributed by atoms with Gasteiger partial charge in [-0.25, -0.2) is 0 Å². The lowest BCUT2D eigenvalue weighted by molar-refractivity contribution is 0.103. The number of fused-ring (bicyclic) bond motifs is 1. The van der Waals surface area contributed by atoms with Gasteiger partial charge in [0.15, 0.2) is 5.78 Å². The van der Waals surface area contributed by atoms with E-state index in [9.17, 15) is 15.0 Å². The summed E-state index contributed by atoms with van der Waals surface area (Å²) in [6.45, 7) is 1.90. The van der Waals surface area contributed by atoms with Crippen LogP contribution in [-0.2, 0) is 6.42 Å². The molecule has 0 saturated heterocycles. The van der Waals surface area contributed by atoms with Crippen molar-refractivity contribution in [3.63, 3.8) is 0 Å². The maximum atomic E-state index is 13.0. The van der Waals surface area contributed by atoms with E-state index in [1.807, 2.05) is 43.3 Å². The fourth-order valence-corrected chi connectivity index (χ4v) is 4.19. The highest BCUT2D eigenvalue weighted by Gasteiger charge is 2.22. The fraction of sp³-hybridized carbons (Fsp3) is 0.107. The Morgan fingerprint density at radius 3 is 2.20 bits per heavy atom. The highest BCUT2D eigenvalue weighted by atomic mass is 16.5. The number of methoxy groups -OCH3 is 1. The Morgan fingerprint density at radius 2 is 1.54 bits per heavy atom. The van der Waals surface area contributed by atoms with Gasteiger partial charge in [-0.05, 0) is 42.8 Å². The van der Waals surface area contributed by atoms with E-state index in [2.05, 4.69) is 10.2 Å². The van der Waals surface area contributed by atoms with E-state index >= 15 is 0 Å². The van der Waals surface area contributed by atoms with Crippen LogP contribution in [0.3, 0.4) is 0 Å². The normalized spacial score (nSPS) is 11.0. The molecule has 174 valence electrons. The fourth-order valence-electron chi connectivity index (χ4n) is 4.19. The Morgan fingerprint density at radius 1 is 0.886 bits per heavy atom. The van der Waals surface area contributed by atoms with E-state index in [1.165, 1.54) is 11.9 Å². The van der Waals surface area contributed by atoms with Gasteiger partial charge in [0, 0.05) is 23.1 Å². The quantitative estimate of drug-likeness (QED) is 0.344. The smallest absolute Gasteiger partial charge is 0.196 e. The van der Waals surface area contributed by atoms with Crippen molar-refractivity contribution in [3.05, 3.63) is 107 Å². The largest absolute Gasteiger partial charge is 0.507 e. The SMILES string of the molecule is COc1ccc(C(=O)c2ccccc2)c(O)c1Cc1cc(C)cc(-n2nc3ccccc3n2)c1O. The zero-order valence-electron chi connectivity index (χ0n) is 19.3. The molecule has 0 aliphatic carbocycles. The summed E-state index contributed by atoms with van der Waals surface area (Å²) in [5, 5.41) is 31.3. The van der Waals surface area contributed by atoms with E-state index in [4.69, 9.17) is 4.74 Å². The number of aromatic nitrogens is 3. The number of hydrogen-bond acceptors (Lipinski definition) is 6. The van der Waals surface area contributed by atoms with Crippen LogP contribution in [-0.4, -0.2) is 38.1 Å². The van der Waals surface area contributed by atoms with Crippen LogP contribution in [0.4, 0.5) is 0 Å². The van der Waals surface area contributed by atoms with Crippen LogP contribution in [0.25, 0.3) is 16.7 Å². The number of rotatable bonds is 6. The monoisotopic (exact) mass is 465 g/mol. The Hall–Kier alpha value is -4.65. The molecule has 7 nitrogen and oxygen atoms in total. The Balaban J connectivity index is 1.59. The number of phenolic OH excluding ortho intramolecular Hbond substituents is 2. The summed E-state index contributed by atoms with van der Waals surface area (Å²) in [6, 6.07) is 23.0. The van der Waals surface area contributed by atoms with Crippen LogP contribution in [0, 0.1) is 6.92 Å². The molecule has 5 rings (SSSR count). The van der Waals surface area contributed by atoms with Gasteiger partial charge in [0.05, 0.1) is 12.7 Å². The van der Waals surface area contributed by atoms with Gasteiger partial charge in [0.1, 0.15) is 34.0 Å². The molecule has 0 saturated carbocycles. The van der Waals surface area contributed by atoms with E-state index in [-0.39, 0.29) is 29.3 Å². The molecule has 7 heteroatoms. The first-order valence-electron chi connectivity index (χ1n) is 11.1. The second-order valence-electron chi connectivity index (χ2n) is 8.28. The van der Waals surface area contributed by atoms with Gasteiger partial charge in [-0.3, -0.25) is 4.79 Å². The Bertz CT molecular complexity index is 1530. The van der Waals surface area contributed by atoms with Crippen LogP contribution in [0.15, 0.2) is 78.9 Å². The molecule has 1 heterocycles. The molecule has 2 N–H and O–H groups in total. The number of aromatic hydroxyl groups is 2. The first kappa shape index (κ1) is 22.2. The van der Waals surface area contributed by atoms with Gasteiger partial charge < -0.3 is 14.9 Å². The van der Waals surface area contributed by atoms with Crippen molar-refractivity contribution in [1.82, 2.24) is 15.0 Å². The van der Waals surface area contributed by atoms with Crippen molar-refractivity contribution in [2.24, 2.45) is 0 Å². The number of benzene rings is 4. The summed E-state index contributed by atoms with van der Waals surface area (Å²) >= 11 is 0. The average Bonchev–Trinajstić information content (AvgIpc) is 3.31. The molecule has 4 aromatic carbocycles. The first-order valence-corrected chi connectivity index (χ1v) is 11.1. The summed E-state index contributed by atoms with van der Waals surface area (Å²) in [5.74, 6) is -0.0770. The standard InChI is InChI=1S/C28H23N3O4/c1-17-14-19(27(33)24(15-17)31-29-22-10-6-7-11-23(22)30-31)16-21-25(35-2)13-12-20(28(21)34)26(32)18-8-4-3-5-9-18/h3-15,33-34H,16H2,1-2H3. The third kappa shape index (κ3) is 4.08. The molecular formula is C28H23N3O4. The number of ketones is 1. The molecule has 0 fully saturated rings. The van der Waals surface area contributed by atoms with Crippen LogP contribution in [0.2, 0.25) is 0 Å². The van der Waals surface area contributed by atoms with Crippen LogP contribution in [0.1, 0.15) is 32.6 Å². The molecule has 0 atom stereocenters. The molecule has 1 aromatic heterocycles. The zero-order chi connectivity index (χ0) is 24.5. The summed E-state index contributed by atoms with van der Waals surface area (Å²) in [6.07, 6.45) is 0.131. The number of phenols is 2. The second-order valence-corrected chi connectivity index (χ2v) is 8.28. The zero-order valence-corrected chi connectivity index (χ0v) is 19.3. The summed E-state index contributed by atoms with van der Waals surface area (Å²) in [4.78, 5) is 14.5. The summed E-state index contributed by atoms with van der Waals surface area (Å²) in [7, 11) is 1.50. The third-order valence-corrected chi connectivity index (χ3v) is 5.92. The lowest BCUT2D eigenvalue weighted by Gasteiger charge is -2.16. The van der Waals surface area contributed by atoms with Gasteiger partial charge in [0.25, 0.3) is 0 Å². The van der Waals surface area contributed by atoms with E-state index in [1.54, 1.807) is 42.5 Å². The van der Waals surface area contributed by atoms with Gasteiger partial charge in [-0.2, -0.15) is 0 Å². The maximum Gasteiger partial charge on any atom is 0.196 e. The Labute approximate surface area is 201 Å². The molecule has 0 unspecified atom stereocenters. The van der Waals surface area contributed by atoms with Crippen molar-refractivity contribution in [3.8, 4) is 22.9 Å². The number of carbonyl (C=O) groups is 1. The van der Waals surface area contributed by atoms with Crippen molar-refractivity contribution in [2.75, 3.05) is 7.11 Å². The predicted octanol–water partition coefficient (Wildman–Crippen LogP) is 4.97. The molecule has 0 bridgehead atoms. The highest BCUT2D eigenvalue weighted by Crippen LogP contribution is 2.37. The summed E-state index contributed by atoms with van der Waals surface area (Å²) < 4.78 is 5.48. The highest BCUT2D eigenvalue weighted by molar-refractivity contribution is 6.11. The minimum atomic E-state index is -0.298. The molecule has 0 aliphatic heterocycles. The number of aryl methyl sites for hydroxylation is 1. The van der Waals surface area contributed by atoms with Crippen molar-refractivity contribution in [2.45, 2.75) is 13.3 Å². The van der Waals surface area contributed by atoms with Gasteiger partial charge in [-0.1, -0.05) is 48.5 Å². The van der Waals surface area contributed by atoms with Crippen molar-refractivity contribution in [1.29, 1.82) is 0 Å². The Kier molecular flexibility index (Phi) is 5.66. The van der Waals surface area contributed by atoms with Crippen LogP contribution in [0.5, 0.6) is 17.2 Å². The molecule has 5 aromatic rings. The minimum Gasteiger partial charge on any atom is -0.507 e. The molecule has 0 radical (unpaired) electrons. The lowest BCUT2D eigenvalue weighted by Crippen LogP contribution is -2.06. The van der Waals surface area contributed by atoms with Gasteiger partial charge in [0.2, 0.25) is 0 Å². The average molecular weight is 466 g/mol.